The minimum atomic E-state index is -0.503. The summed E-state index contributed by atoms with van der Waals surface area (Å²) in [5.41, 5.74) is 0.461. The SMILES string of the molecule is COC(=O)C1COCCN1Cc1cccc(Cl)c1F. The number of ether oxygens (including phenoxy) is 2. The van der Waals surface area contributed by atoms with Crippen LogP contribution in [0.25, 0.3) is 0 Å². The average molecular weight is 288 g/mol. The predicted octanol–water partition coefficient (Wildman–Crippen LogP) is 1.85. The van der Waals surface area contributed by atoms with Gasteiger partial charge < -0.3 is 9.47 Å². The highest BCUT2D eigenvalue weighted by atomic mass is 35.5. The van der Waals surface area contributed by atoms with Crippen LogP contribution in [-0.4, -0.2) is 43.8 Å². The molecule has 1 fully saturated rings. The van der Waals surface area contributed by atoms with Crippen LogP contribution in [0.4, 0.5) is 4.39 Å². The highest BCUT2D eigenvalue weighted by Crippen LogP contribution is 2.21. The molecule has 6 heteroatoms. The van der Waals surface area contributed by atoms with E-state index in [1.807, 2.05) is 4.90 Å². The maximum atomic E-state index is 13.9. The van der Waals surface area contributed by atoms with E-state index in [1.165, 1.54) is 13.2 Å². The van der Waals surface area contributed by atoms with E-state index in [2.05, 4.69) is 0 Å². The molecule has 1 saturated heterocycles. The fourth-order valence-electron chi connectivity index (χ4n) is 2.07. The van der Waals surface area contributed by atoms with Gasteiger partial charge in [0.15, 0.2) is 0 Å². The summed E-state index contributed by atoms with van der Waals surface area (Å²) in [6.07, 6.45) is 0. The van der Waals surface area contributed by atoms with Gasteiger partial charge in [-0.05, 0) is 6.07 Å². The first-order valence-corrected chi connectivity index (χ1v) is 6.33. The van der Waals surface area contributed by atoms with Crippen molar-refractivity contribution in [2.75, 3.05) is 26.9 Å². The standard InChI is InChI=1S/C13H15ClFNO3/c1-18-13(17)11-8-19-6-5-16(11)7-9-3-2-4-10(14)12(9)15/h2-4,11H,5-8H2,1H3. The fraction of sp³-hybridized carbons (Fsp3) is 0.462. The molecule has 0 aromatic heterocycles. The summed E-state index contributed by atoms with van der Waals surface area (Å²) in [7, 11) is 1.33. The van der Waals surface area contributed by atoms with Gasteiger partial charge >= 0.3 is 5.97 Å². The van der Waals surface area contributed by atoms with E-state index >= 15 is 0 Å². The molecular weight excluding hydrogens is 273 g/mol. The van der Waals surface area contributed by atoms with Gasteiger partial charge in [-0.1, -0.05) is 23.7 Å². The second-order valence-corrected chi connectivity index (χ2v) is 4.70. The van der Waals surface area contributed by atoms with E-state index < -0.39 is 11.9 Å². The number of morpholine rings is 1. The minimum Gasteiger partial charge on any atom is -0.468 e. The van der Waals surface area contributed by atoms with Crippen LogP contribution in [0.5, 0.6) is 0 Å². The van der Waals surface area contributed by atoms with Crippen molar-refractivity contribution in [1.29, 1.82) is 0 Å². The third-order valence-corrected chi connectivity index (χ3v) is 3.41. The fourth-order valence-corrected chi connectivity index (χ4v) is 2.26. The quantitative estimate of drug-likeness (QED) is 0.796. The largest absolute Gasteiger partial charge is 0.468 e. The lowest BCUT2D eigenvalue weighted by Crippen LogP contribution is -2.49. The van der Waals surface area contributed by atoms with Crippen molar-refractivity contribution in [3.05, 3.63) is 34.6 Å². The van der Waals surface area contributed by atoms with Crippen LogP contribution in [0.3, 0.4) is 0 Å². The van der Waals surface area contributed by atoms with Gasteiger partial charge in [-0.15, -0.1) is 0 Å². The first kappa shape index (κ1) is 14.2. The number of esters is 1. The molecule has 0 radical (unpaired) electrons. The number of carbonyl (C=O) groups is 1. The second kappa shape index (κ2) is 6.32. The van der Waals surface area contributed by atoms with Gasteiger partial charge in [0, 0.05) is 18.7 Å². The maximum absolute atomic E-state index is 13.9. The highest BCUT2D eigenvalue weighted by molar-refractivity contribution is 6.30. The van der Waals surface area contributed by atoms with E-state index in [1.54, 1.807) is 12.1 Å². The molecule has 0 amide bonds. The number of methoxy groups -OCH3 is 1. The van der Waals surface area contributed by atoms with E-state index in [9.17, 15) is 9.18 Å². The molecule has 2 rings (SSSR count). The van der Waals surface area contributed by atoms with Crippen molar-refractivity contribution in [2.24, 2.45) is 0 Å². The highest BCUT2D eigenvalue weighted by Gasteiger charge is 2.30. The number of benzene rings is 1. The van der Waals surface area contributed by atoms with Gasteiger partial charge in [0.1, 0.15) is 11.9 Å². The van der Waals surface area contributed by atoms with Gasteiger partial charge in [-0.25, -0.2) is 4.39 Å². The summed E-state index contributed by atoms with van der Waals surface area (Å²) in [6.45, 7) is 1.62. The molecule has 0 saturated carbocycles. The number of hydrogen-bond acceptors (Lipinski definition) is 4. The van der Waals surface area contributed by atoms with Crippen molar-refractivity contribution in [2.45, 2.75) is 12.6 Å². The average Bonchev–Trinajstić information content (AvgIpc) is 2.43. The second-order valence-electron chi connectivity index (χ2n) is 4.30. The topological polar surface area (TPSA) is 38.8 Å². The van der Waals surface area contributed by atoms with Crippen LogP contribution in [-0.2, 0) is 20.8 Å². The zero-order valence-corrected chi connectivity index (χ0v) is 11.3. The maximum Gasteiger partial charge on any atom is 0.325 e. The zero-order valence-electron chi connectivity index (χ0n) is 10.6. The molecule has 1 aromatic carbocycles. The smallest absolute Gasteiger partial charge is 0.325 e. The van der Waals surface area contributed by atoms with Crippen molar-refractivity contribution in [3.8, 4) is 0 Å². The van der Waals surface area contributed by atoms with E-state index in [4.69, 9.17) is 21.1 Å². The van der Waals surface area contributed by atoms with Gasteiger partial charge in [0.25, 0.3) is 0 Å². The summed E-state index contributed by atoms with van der Waals surface area (Å²) in [5, 5.41) is 0.0837. The monoisotopic (exact) mass is 287 g/mol. The molecule has 1 aliphatic rings. The third-order valence-electron chi connectivity index (χ3n) is 3.12. The van der Waals surface area contributed by atoms with Gasteiger partial charge in [0.05, 0.1) is 25.3 Å². The Morgan fingerprint density at radius 2 is 2.42 bits per heavy atom. The van der Waals surface area contributed by atoms with Crippen LogP contribution in [0.15, 0.2) is 18.2 Å². The predicted molar refractivity (Wildman–Crippen MR) is 68.4 cm³/mol. The summed E-state index contributed by atoms with van der Waals surface area (Å²) in [6, 6.07) is 4.34. The first-order valence-electron chi connectivity index (χ1n) is 5.96. The Morgan fingerprint density at radius 1 is 1.63 bits per heavy atom. The molecule has 4 nitrogen and oxygen atoms in total. The number of halogens is 2. The van der Waals surface area contributed by atoms with Crippen LogP contribution in [0.2, 0.25) is 5.02 Å². The normalized spacial score (nSPS) is 20.3. The Balaban J connectivity index is 2.15. The van der Waals surface area contributed by atoms with Crippen LogP contribution in [0, 0.1) is 5.82 Å². The molecule has 1 heterocycles. The molecule has 104 valence electrons. The number of hydrogen-bond donors (Lipinski definition) is 0. The summed E-state index contributed by atoms with van der Waals surface area (Å²) >= 11 is 5.75. The Hall–Kier alpha value is -1.17. The third kappa shape index (κ3) is 3.23. The lowest BCUT2D eigenvalue weighted by atomic mass is 10.1. The molecule has 0 N–H and O–H groups in total. The van der Waals surface area contributed by atoms with E-state index in [0.29, 0.717) is 25.3 Å². The first-order chi connectivity index (χ1) is 9.13. The molecule has 0 bridgehead atoms. The number of rotatable bonds is 3. The van der Waals surface area contributed by atoms with Gasteiger partial charge in [0.2, 0.25) is 0 Å². The van der Waals surface area contributed by atoms with Crippen LogP contribution < -0.4 is 0 Å². The van der Waals surface area contributed by atoms with Crippen LogP contribution in [0.1, 0.15) is 5.56 Å². The molecule has 1 unspecified atom stereocenters. The van der Waals surface area contributed by atoms with Crippen molar-refractivity contribution in [3.63, 3.8) is 0 Å². The molecule has 1 atom stereocenters. The molecule has 19 heavy (non-hydrogen) atoms. The Morgan fingerprint density at radius 3 is 3.16 bits per heavy atom. The zero-order chi connectivity index (χ0) is 13.8. The van der Waals surface area contributed by atoms with Crippen molar-refractivity contribution in [1.82, 2.24) is 4.90 Å². The lowest BCUT2D eigenvalue weighted by molar-refractivity contribution is -0.153. The summed E-state index contributed by atoms with van der Waals surface area (Å²) in [5.74, 6) is -0.818. The lowest BCUT2D eigenvalue weighted by Gasteiger charge is -2.33. The number of carbonyl (C=O) groups excluding carboxylic acids is 1. The van der Waals surface area contributed by atoms with E-state index in [0.717, 1.165) is 0 Å². The Kier molecular flexibility index (Phi) is 4.74. The van der Waals surface area contributed by atoms with E-state index in [-0.39, 0.29) is 17.6 Å². The summed E-state index contributed by atoms with van der Waals surface area (Å²) in [4.78, 5) is 13.5. The minimum absolute atomic E-state index is 0.0837. The molecule has 0 aliphatic carbocycles. The summed E-state index contributed by atoms with van der Waals surface area (Å²) < 4.78 is 23.9. The van der Waals surface area contributed by atoms with Crippen LogP contribution >= 0.6 is 11.6 Å². The van der Waals surface area contributed by atoms with Gasteiger partial charge in [-0.2, -0.15) is 0 Å². The number of nitrogens with zero attached hydrogens (tertiary/aromatic N) is 1. The molecular formula is C13H15ClFNO3. The molecule has 0 spiro atoms. The molecule has 1 aliphatic heterocycles. The van der Waals surface area contributed by atoms with Crippen molar-refractivity contribution >= 4 is 17.6 Å². The van der Waals surface area contributed by atoms with Gasteiger partial charge in [-0.3, -0.25) is 9.69 Å². The Labute approximate surface area is 116 Å². The van der Waals surface area contributed by atoms with Crippen molar-refractivity contribution < 1.29 is 18.7 Å². The molecule has 1 aromatic rings. The Bertz CT molecular complexity index is 469.